The molecule has 0 unspecified atom stereocenters. The third-order valence-electron chi connectivity index (χ3n) is 0.718. The molecule has 0 aliphatic rings. The van der Waals surface area contributed by atoms with Crippen molar-refractivity contribution in [3.63, 3.8) is 0 Å². The Morgan fingerprint density at radius 3 is 0.640 bits per heavy atom. The number of hydrogen-bond acceptors (Lipinski definition) is 12. The van der Waals surface area contributed by atoms with E-state index in [1.165, 1.54) is 0 Å². The van der Waals surface area contributed by atoms with Crippen LogP contribution < -0.4 is 20.4 Å². The SMILES string of the molecule is C=COC(=O)[O-].C=COC(=O)[O-].C=COC(=O)[O-].C=COC(=O)[O-].[Pu+4]. The normalized spacial score (nSPS) is 6.40. The average molecular weight is 592 g/mol. The molecule has 0 amide bonds. The van der Waals surface area contributed by atoms with Gasteiger partial charge in [-0.3, -0.25) is 0 Å². The van der Waals surface area contributed by atoms with Crippen LogP contribution >= 0.6 is 0 Å². The molecule has 0 fully saturated rings. The van der Waals surface area contributed by atoms with E-state index in [1.807, 2.05) is 0 Å². The van der Waals surface area contributed by atoms with Crippen LogP contribution in [0, 0.1) is 29.2 Å². The summed E-state index contributed by atoms with van der Waals surface area (Å²) in [5.41, 5.74) is 0. The molecule has 0 aromatic heterocycles. The molecule has 138 valence electrons. The molecule has 13 heteroatoms. The van der Waals surface area contributed by atoms with Crippen molar-refractivity contribution in [2.45, 2.75) is 0 Å². The Kier molecular flexibility index (Phi) is 39.1. The molecule has 25 heavy (non-hydrogen) atoms. The molecule has 0 aromatic carbocycles. The van der Waals surface area contributed by atoms with E-state index in [9.17, 15) is 39.6 Å². The number of rotatable bonds is 4. The predicted octanol–water partition coefficient (Wildman–Crippen LogP) is -2.04. The van der Waals surface area contributed by atoms with Crippen LogP contribution in [0.5, 0.6) is 0 Å². The number of carbonyl (C=O) groups is 4. The molecule has 0 saturated heterocycles. The van der Waals surface area contributed by atoms with E-state index in [4.69, 9.17) is 0 Å². The fraction of sp³-hybridized carbons (Fsp3) is 0. The molecular weight excluding hydrogens is 580 g/mol. The summed E-state index contributed by atoms with van der Waals surface area (Å²) < 4.78 is 14.4. The molecule has 0 bridgehead atoms. The minimum absolute atomic E-state index is 0. The van der Waals surface area contributed by atoms with Gasteiger partial charge >= 0.3 is 29.2 Å². The summed E-state index contributed by atoms with van der Waals surface area (Å²) in [7, 11) is 0. The maximum Gasteiger partial charge on any atom is 4.00 e. The van der Waals surface area contributed by atoms with Crippen LogP contribution in [0.3, 0.4) is 0 Å². The van der Waals surface area contributed by atoms with Crippen LogP contribution in [0.4, 0.5) is 19.2 Å². The van der Waals surface area contributed by atoms with E-state index in [0.29, 0.717) is 0 Å². The number of carbonyl (C=O) groups excluding carboxylic acids is 4. The van der Waals surface area contributed by atoms with Crippen LogP contribution in [0.15, 0.2) is 51.4 Å². The van der Waals surface area contributed by atoms with Gasteiger partial charge in [0.1, 0.15) is 0 Å². The molecule has 0 radical (unpaired) electrons. The first-order chi connectivity index (χ1) is 11.1. The molecule has 0 aliphatic carbocycles. The summed E-state index contributed by atoms with van der Waals surface area (Å²) in [5, 5.41) is 36.8. The zero-order chi connectivity index (χ0) is 20.0. The van der Waals surface area contributed by atoms with Crippen molar-refractivity contribution < 1.29 is 87.7 Å². The summed E-state index contributed by atoms with van der Waals surface area (Å²) in [6.45, 7) is 11.8. The second kappa shape index (κ2) is 29.1. The molecule has 0 saturated carbocycles. The summed E-state index contributed by atoms with van der Waals surface area (Å²) in [6, 6.07) is 0. The van der Waals surface area contributed by atoms with E-state index in [0.717, 1.165) is 25.0 Å². The summed E-state index contributed by atoms with van der Waals surface area (Å²) in [6.07, 6.45) is -3.17. The van der Waals surface area contributed by atoms with Gasteiger partial charge in [0.15, 0.2) is 0 Å². The van der Waals surface area contributed by atoms with Gasteiger partial charge in [-0.05, 0) is 0 Å². The topological polar surface area (TPSA) is 197 Å². The molecule has 0 rings (SSSR count). The Labute approximate surface area is 163 Å². The predicted molar refractivity (Wildman–Crippen MR) is 66.7 cm³/mol. The van der Waals surface area contributed by atoms with Crippen molar-refractivity contribution >= 4 is 24.6 Å². The van der Waals surface area contributed by atoms with E-state index in [1.54, 1.807) is 0 Å². The molecule has 0 aromatic rings. The number of hydrogen-bond donors (Lipinski definition) is 0. The zero-order valence-electron chi connectivity index (χ0n) is 12.4. The molecule has 0 atom stereocenters. The largest absolute Gasteiger partial charge is 4.00 e. The van der Waals surface area contributed by atoms with Crippen molar-refractivity contribution in [1.29, 1.82) is 0 Å². The van der Waals surface area contributed by atoms with Crippen LogP contribution in [-0.4, -0.2) is 24.6 Å². The van der Waals surface area contributed by atoms with Gasteiger partial charge in [-0.1, -0.05) is 26.3 Å². The molecular formula is C12H12O12Pu. The standard InChI is InChI=1S/4C3H4O3.Pu/c4*1-2-6-3(4)5;/h4*2H,1H2,(H,4,5);/q;;;;+4/p-4. The average Bonchev–Trinajstić information content (AvgIpc) is 2.39. The molecule has 0 aliphatic heterocycles. The maximum atomic E-state index is 9.19. The third-order valence-corrected chi connectivity index (χ3v) is 0.718. The fourth-order valence-corrected chi connectivity index (χ4v) is 0.272. The Balaban J connectivity index is -0.0000000702. The Morgan fingerprint density at radius 1 is 0.520 bits per heavy atom. The second-order valence-corrected chi connectivity index (χ2v) is 2.14. The van der Waals surface area contributed by atoms with E-state index >= 15 is 0 Å². The quantitative estimate of drug-likeness (QED) is 0.197. The summed E-state index contributed by atoms with van der Waals surface area (Å²) >= 11 is 0. The molecule has 0 heterocycles. The van der Waals surface area contributed by atoms with Gasteiger partial charge in [0.05, 0.1) is 0 Å². The molecule has 0 spiro atoms. The van der Waals surface area contributed by atoms with Crippen molar-refractivity contribution in [3.05, 3.63) is 51.4 Å². The minimum atomic E-state index is -1.58. The van der Waals surface area contributed by atoms with Crippen LogP contribution in [-0.2, 0) is 18.9 Å². The van der Waals surface area contributed by atoms with Gasteiger partial charge in [-0.15, -0.1) is 0 Å². The third kappa shape index (κ3) is 93.4. The number of carboxylic acid groups (broad SMARTS) is 4. The summed E-state index contributed by atoms with van der Waals surface area (Å²) in [4.78, 5) is 36.8. The van der Waals surface area contributed by atoms with Crippen LogP contribution in [0.25, 0.3) is 0 Å². The maximum absolute atomic E-state index is 9.19. The fourth-order valence-electron chi connectivity index (χ4n) is 0.272. The summed E-state index contributed by atoms with van der Waals surface area (Å²) in [5.74, 6) is 0. The molecule has 12 nitrogen and oxygen atoms in total. The van der Waals surface area contributed by atoms with E-state index < -0.39 is 24.6 Å². The molecule has 0 N–H and O–H groups in total. The van der Waals surface area contributed by atoms with Gasteiger partial charge in [0, 0.05) is 25.0 Å². The Morgan fingerprint density at radius 2 is 0.640 bits per heavy atom. The monoisotopic (exact) mass is 586 g/mol. The Hall–Kier alpha value is -2.97. The van der Waals surface area contributed by atoms with Crippen LogP contribution in [0.2, 0.25) is 0 Å². The van der Waals surface area contributed by atoms with Crippen LogP contribution in [0.1, 0.15) is 0 Å². The van der Waals surface area contributed by atoms with Crippen molar-refractivity contribution in [1.82, 2.24) is 0 Å². The van der Waals surface area contributed by atoms with Gasteiger partial charge in [-0.25, -0.2) is 0 Å². The zero-order valence-corrected chi connectivity index (χ0v) is 15.8. The van der Waals surface area contributed by atoms with Crippen molar-refractivity contribution in [3.8, 4) is 0 Å². The van der Waals surface area contributed by atoms with Gasteiger partial charge < -0.3 is 58.6 Å². The number of ether oxygens (including phenoxy) is 4. The van der Waals surface area contributed by atoms with E-state index in [2.05, 4.69) is 45.3 Å². The van der Waals surface area contributed by atoms with Crippen molar-refractivity contribution in [2.24, 2.45) is 0 Å². The van der Waals surface area contributed by atoms with Gasteiger partial charge in [0.2, 0.25) is 0 Å². The smallest absolute Gasteiger partial charge is 0.522 e. The first kappa shape index (κ1) is 33.6. The first-order valence-corrected chi connectivity index (χ1v) is 5.03. The van der Waals surface area contributed by atoms with Crippen molar-refractivity contribution in [2.75, 3.05) is 0 Å². The minimum Gasteiger partial charge on any atom is -0.522 e. The van der Waals surface area contributed by atoms with Gasteiger partial charge in [0.25, 0.3) is 24.6 Å². The second-order valence-electron chi connectivity index (χ2n) is 2.14. The first-order valence-electron chi connectivity index (χ1n) is 5.03. The van der Waals surface area contributed by atoms with Gasteiger partial charge in [-0.2, -0.15) is 0 Å². The Bertz CT molecular complexity index is 352. The van der Waals surface area contributed by atoms with E-state index in [-0.39, 0.29) is 29.2 Å².